The van der Waals surface area contributed by atoms with Crippen LogP contribution in [-0.2, 0) is 16.6 Å². The summed E-state index contributed by atoms with van der Waals surface area (Å²) < 4.78 is 27.9. The first kappa shape index (κ1) is 16.5. The summed E-state index contributed by atoms with van der Waals surface area (Å²) in [5.41, 5.74) is 0.809. The number of nitrogens with one attached hydrogen (secondary N) is 2. The highest BCUT2D eigenvalue weighted by Crippen LogP contribution is 2.29. The van der Waals surface area contributed by atoms with Crippen molar-refractivity contribution in [2.75, 3.05) is 13.6 Å². The molecule has 1 saturated carbocycles. The molecule has 0 spiro atoms. The van der Waals surface area contributed by atoms with Crippen molar-refractivity contribution in [3.05, 3.63) is 29.8 Å². The number of rotatable bonds is 6. The average Bonchev–Trinajstić information content (AvgIpc) is 2.47. The van der Waals surface area contributed by atoms with Gasteiger partial charge in [0, 0.05) is 13.1 Å². The Morgan fingerprint density at radius 3 is 2.62 bits per heavy atom. The molecule has 0 amide bonds. The van der Waals surface area contributed by atoms with E-state index >= 15 is 0 Å². The highest BCUT2D eigenvalue weighted by atomic mass is 32.2. The molecule has 2 rings (SSSR count). The van der Waals surface area contributed by atoms with Gasteiger partial charge in [0.1, 0.15) is 0 Å². The van der Waals surface area contributed by atoms with Gasteiger partial charge in [-0.3, -0.25) is 0 Å². The SMILES string of the molecule is CNCc1ccccc1S(=O)(=O)NCC1CCCCC1C. The molecule has 1 aliphatic carbocycles. The summed E-state index contributed by atoms with van der Waals surface area (Å²) in [7, 11) is -1.61. The van der Waals surface area contributed by atoms with Crippen molar-refractivity contribution < 1.29 is 8.42 Å². The topological polar surface area (TPSA) is 58.2 Å². The smallest absolute Gasteiger partial charge is 0.240 e. The van der Waals surface area contributed by atoms with E-state index in [2.05, 4.69) is 17.0 Å². The first-order valence-electron chi connectivity index (χ1n) is 7.77. The summed E-state index contributed by atoms with van der Waals surface area (Å²) in [6.45, 7) is 3.33. The zero-order valence-corrected chi connectivity index (χ0v) is 13.7. The fourth-order valence-electron chi connectivity index (χ4n) is 3.09. The fraction of sp³-hybridized carbons (Fsp3) is 0.625. The molecule has 0 aromatic heterocycles. The Morgan fingerprint density at radius 1 is 1.19 bits per heavy atom. The molecule has 0 aliphatic heterocycles. The minimum Gasteiger partial charge on any atom is -0.316 e. The molecule has 2 atom stereocenters. The van der Waals surface area contributed by atoms with Gasteiger partial charge in [-0.25, -0.2) is 13.1 Å². The Bertz CT molecular complexity index is 557. The second kappa shape index (κ2) is 7.38. The van der Waals surface area contributed by atoms with Crippen LogP contribution in [-0.4, -0.2) is 22.0 Å². The van der Waals surface area contributed by atoms with E-state index in [0.717, 1.165) is 12.0 Å². The van der Waals surface area contributed by atoms with Crippen LogP contribution >= 0.6 is 0 Å². The molecule has 0 radical (unpaired) electrons. The first-order chi connectivity index (χ1) is 10.0. The summed E-state index contributed by atoms with van der Waals surface area (Å²) in [6.07, 6.45) is 4.83. The van der Waals surface area contributed by atoms with Gasteiger partial charge in [0.15, 0.2) is 0 Å². The highest BCUT2D eigenvalue weighted by molar-refractivity contribution is 7.89. The van der Waals surface area contributed by atoms with Gasteiger partial charge in [-0.1, -0.05) is 44.4 Å². The summed E-state index contributed by atoms with van der Waals surface area (Å²) in [5.74, 6) is 1.07. The predicted molar refractivity (Wildman–Crippen MR) is 85.5 cm³/mol. The minimum atomic E-state index is -3.43. The lowest BCUT2D eigenvalue weighted by molar-refractivity contribution is 0.257. The number of sulfonamides is 1. The molecule has 0 saturated heterocycles. The van der Waals surface area contributed by atoms with Crippen LogP contribution < -0.4 is 10.0 Å². The minimum absolute atomic E-state index is 0.391. The van der Waals surface area contributed by atoms with Crippen LogP contribution in [0.15, 0.2) is 29.2 Å². The summed E-state index contributed by atoms with van der Waals surface area (Å²) in [6, 6.07) is 7.18. The lowest BCUT2D eigenvalue weighted by Crippen LogP contribution is -2.34. The second-order valence-corrected chi connectivity index (χ2v) is 7.75. The van der Waals surface area contributed by atoms with Crippen LogP contribution in [0.3, 0.4) is 0 Å². The van der Waals surface area contributed by atoms with E-state index in [0.29, 0.717) is 29.8 Å². The average molecular weight is 310 g/mol. The normalized spacial score (nSPS) is 23.1. The first-order valence-corrected chi connectivity index (χ1v) is 9.25. The van der Waals surface area contributed by atoms with Crippen molar-refractivity contribution in [3.8, 4) is 0 Å². The third kappa shape index (κ3) is 4.28. The molecule has 4 nitrogen and oxygen atoms in total. The summed E-state index contributed by atoms with van der Waals surface area (Å²) in [5, 5.41) is 3.02. The monoisotopic (exact) mass is 310 g/mol. The van der Waals surface area contributed by atoms with E-state index in [-0.39, 0.29) is 0 Å². The van der Waals surface area contributed by atoms with Crippen LogP contribution in [0, 0.1) is 11.8 Å². The van der Waals surface area contributed by atoms with Crippen molar-refractivity contribution in [2.45, 2.75) is 44.0 Å². The van der Waals surface area contributed by atoms with Gasteiger partial charge in [-0.2, -0.15) is 0 Å². The third-order valence-corrected chi connectivity index (χ3v) is 5.98. The molecule has 0 bridgehead atoms. The number of benzene rings is 1. The molecule has 1 fully saturated rings. The Labute approximate surface area is 128 Å². The van der Waals surface area contributed by atoms with E-state index in [1.165, 1.54) is 19.3 Å². The van der Waals surface area contributed by atoms with Crippen molar-refractivity contribution in [1.82, 2.24) is 10.0 Å². The van der Waals surface area contributed by atoms with Crippen molar-refractivity contribution in [3.63, 3.8) is 0 Å². The molecule has 0 heterocycles. The molecule has 21 heavy (non-hydrogen) atoms. The number of hydrogen-bond donors (Lipinski definition) is 2. The van der Waals surface area contributed by atoms with Crippen molar-refractivity contribution in [2.24, 2.45) is 11.8 Å². The van der Waals surface area contributed by atoms with Gasteiger partial charge in [0.25, 0.3) is 0 Å². The second-order valence-electron chi connectivity index (χ2n) is 6.01. The molecule has 1 aromatic carbocycles. The van der Waals surface area contributed by atoms with Crippen LogP contribution in [0.5, 0.6) is 0 Å². The Hall–Kier alpha value is -0.910. The van der Waals surface area contributed by atoms with E-state index in [4.69, 9.17) is 0 Å². The maximum atomic E-state index is 12.5. The zero-order valence-electron chi connectivity index (χ0n) is 12.9. The van der Waals surface area contributed by atoms with Crippen LogP contribution in [0.25, 0.3) is 0 Å². The van der Waals surface area contributed by atoms with Gasteiger partial charge < -0.3 is 5.32 Å². The number of hydrogen-bond acceptors (Lipinski definition) is 3. The zero-order chi connectivity index (χ0) is 15.3. The van der Waals surface area contributed by atoms with E-state index in [1.807, 2.05) is 19.2 Å². The van der Waals surface area contributed by atoms with Gasteiger partial charge in [-0.05, 0) is 36.9 Å². The lowest BCUT2D eigenvalue weighted by atomic mass is 9.81. The quantitative estimate of drug-likeness (QED) is 0.849. The molecule has 2 N–H and O–H groups in total. The van der Waals surface area contributed by atoms with E-state index in [9.17, 15) is 8.42 Å². The van der Waals surface area contributed by atoms with Gasteiger partial charge in [0.05, 0.1) is 4.90 Å². The lowest BCUT2D eigenvalue weighted by Gasteiger charge is -2.28. The maximum Gasteiger partial charge on any atom is 0.240 e. The van der Waals surface area contributed by atoms with Gasteiger partial charge >= 0.3 is 0 Å². The Kier molecular flexibility index (Phi) is 5.79. The van der Waals surface area contributed by atoms with E-state index in [1.54, 1.807) is 12.1 Å². The molecule has 1 aliphatic rings. The predicted octanol–water partition coefficient (Wildman–Crippen LogP) is 2.51. The summed E-state index contributed by atoms with van der Waals surface area (Å²) >= 11 is 0. The van der Waals surface area contributed by atoms with Gasteiger partial charge in [0.2, 0.25) is 10.0 Å². The Balaban J connectivity index is 2.08. The third-order valence-electron chi connectivity index (χ3n) is 4.45. The van der Waals surface area contributed by atoms with E-state index < -0.39 is 10.0 Å². The highest BCUT2D eigenvalue weighted by Gasteiger charge is 2.24. The van der Waals surface area contributed by atoms with Crippen LogP contribution in [0.4, 0.5) is 0 Å². The molecule has 2 unspecified atom stereocenters. The molecule has 118 valence electrons. The van der Waals surface area contributed by atoms with Crippen molar-refractivity contribution >= 4 is 10.0 Å². The molecular weight excluding hydrogens is 284 g/mol. The van der Waals surface area contributed by atoms with Gasteiger partial charge in [-0.15, -0.1) is 0 Å². The fourth-order valence-corrected chi connectivity index (χ4v) is 4.43. The molecular formula is C16H26N2O2S. The summed E-state index contributed by atoms with van der Waals surface area (Å²) in [4.78, 5) is 0.391. The van der Waals surface area contributed by atoms with Crippen molar-refractivity contribution in [1.29, 1.82) is 0 Å². The van der Waals surface area contributed by atoms with Crippen LogP contribution in [0.1, 0.15) is 38.2 Å². The largest absolute Gasteiger partial charge is 0.316 e. The maximum absolute atomic E-state index is 12.5. The molecule has 1 aromatic rings. The molecule has 5 heteroatoms. The standard InChI is InChI=1S/C16H26N2O2S/c1-13-7-3-4-8-14(13)12-18-21(19,20)16-10-6-5-9-15(16)11-17-2/h5-6,9-10,13-14,17-18H,3-4,7-8,11-12H2,1-2H3. The Morgan fingerprint density at radius 2 is 1.90 bits per heavy atom. The van der Waals surface area contributed by atoms with Crippen LogP contribution in [0.2, 0.25) is 0 Å².